The van der Waals surface area contributed by atoms with Crippen LogP contribution in [0.4, 0.5) is 0 Å². The van der Waals surface area contributed by atoms with Crippen molar-refractivity contribution in [2.24, 2.45) is 11.7 Å². The monoisotopic (exact) mass is 218 g/mol. The van der Waals surface area contributed by atoms with Gasteiger partial charge in [0, 0.05) is 18.2 Å². The second-order valence-corrected chi connectivity index (χ2v) is 4.72. The minimum absolute atomic E-state index is 0.368. The maximum atomic E-state index is 10.9. The zero-order valence-electron chi connectivity index (χ0n) is 9.57. The Labute approximate surface area is 96.0 Å². The van der Waals surface area contributed by atoms with Crippen LogP contribution in [-0.4, -0.2) is 11.9 Å². The Morgan fingerprint density at radius 3 is 2.50 bits per heavy atom. The third-order valence-electron chi connectivity index (χ3n) is 3.21. The molecule has 0 atom stereocenters. The summed E-state index contributed by atoms with van der Waals surface area (Å²) in [6.07, 6.45) is 2.55. The fraction of sp³-hybridized carbons (Fsp3) is 0.462. The Kier molecular flexibility index (Phi) is 3.25. The third kappa shape index (κ3) is 2.61. The third-order valence-corrected chi connectivity index (χ3v) is 3.21. The van der Waals surface area contributed by atoms with Gasteiger partial charge in [0.15, 0.2) is 0 Å². The van der Waals surface area contributed by atoms with Crippen LogP contribution in [0.15, 0.2) is 24.3 Å². The van der Waals surface area contributed by atoms with Gasteiger partial charge < -0.3 is 11.1 Å². The second kappa shape index (κ2) is 4.66. The van der Waals surface area contributed by atoms with E-state index in [1.54, 1.807) is 12.1 Å². The van der Waals surface area contributed by atoms with E-state index in [1.165, 1.54) is 18.4 Å². The molecule has 1 saturated carbocycles. The van der Waals surface area contributed by atoms with Crippen molar-refractivity contribution >= 4 is 5.91 Å². The van der Waals surface area contributed by atoms with Crippen molar-refractivity contribution in [2.45, 2.75) is 32.4 Å². The van der Waals surface area contributed by atoms with E-state index in [0.717, 1.165) is 12.5 Å². The quantitative estimate of drug-likeness (QED) is 0.807. The predicted molar refractivity (Wildman–Crippen MR) is 64.0 cm³/mol. The number of hydrogen-bond donors (Lipinski definition) is 2. The zero-order chi connectivity index (χ0) is 11.5. The highest BCUT2D eigenvalue weighted by Gasteiger charge is 2.24. The van der Waals surface area contributed by atoms with Gasteiger partial charge in [0.05, 0.1) is 0 Å². The van der Waals surface area contributed by atoms with E-state index in [4.69, 9.17) is 5.73 Å². The number of amides is 1. The van der Waals surface area contributed by atoms with Crippen LogP contribution in [0.2, 0.25) is 0 Å². The normalized spacial score (nSPS) is 23.8. The molecule has 1 aromatic carbocycles. The molecule has 1 aliphatic carbocycles. The smallest absolute Gasteiger partial charge is 0.248 e. The van der Waals surface area contributed by atoms with E-state index in [2.05, 4.69) is 12.2 Å². The van der Waals surface area contributed by atoms with Crippen LogP contribution in [0.1, 0.15) is 35.7 Å². The molecule has 1 aliphatic rings. The van der Waals surface area contributed by atoms with Crippen LogP contribution in [0, 0.1) is 5.92 Å². The number of carbonyl (C=O) groups excluding carboxylic acids is 1. The zero-order valence-corrected chi connectivity index (χ0v) is 9.57. The number of nitrogens with two attached hydrogens (primary N) is 1. The van der Waals surface area contributed by atoms with Gasteiger partial charge in [-0.05, 0) is 36.5 Å². The number of rotatable bonds is 4. The number of nitrogens with one attached hydrogen (secondary N) is 1. The largest absolute Gasteiger partial charge is 0.366 e. The Morgan fingerprint density at radius 2 is 2.00 bits per heavy atom. The number of benzene rings is 1. The van der Waals surface area contributed by atoms with Crippen LogP contribution in [0.5, 0.6) is 0 Å². The molecule has 1 fully saturated rings. The van der Waals surface area contributed by atoms with E-state index < -0.39 is 0 Å². The highest BCUT2D eigenvalue weighted by molar-refractivity contribution is 5.92. The average molecular weight is 218 g/mol. The van der Waals surface area contributed by atoms with E-state index in [0.29, 0.717) is 11.6 Å². The van der Waals surface area contributed by atoms with Crippen molar-refractivity contribution in [3.8, 4) is 0 Å². The highest BCUT2D eigenvalue weighted by Crippen LogP contribution is 2.26. The lowest BCUT2D eigenvalue weighted by atomic mass is 9.82. The summed E-state index contributed by atoms with van der Waals surface area (Å²) in [6, 6.07) is 8.14. The summed E-state index contributed by atoms with van der Waals surface area (Å²) >= 11 is 0. The van der Waals surface area contributed by atoms with Gasteiger partial charge in [-0.1, -0.05) is 19.1 Å². The molecule has 3 heteroatoms. The minimum Gasteiger partial charge on any atom is -0.366 e. The van der Waals surface area contributed by atoms with Crippen LogP contribution in [-0.2, 0) is 6.54 Å². The summed E-state index contributed by atoms with van der Waals surface area (Å²) in [7, 11) is 0. The first kappa shape index (κ1) is 11.1. The van der Waals surface area contributed by atoms with Gasteiger partial charge in [0.2, 0.25) is 5.91 Å². The first-order chi connectivity index (χ1) is 7.65. The van der Waals surface area contributed by atoms with Gasteiger partial charge in [-0.15, -0.1) is 0 Å². The molecule has 3 nitrogen and oxygen atoms in total. The molecule has 86 valence electrons. The van der Waals surface area contributed by atoms with Crippen molar-refractivity contribution in [2.75, 3.05) is 0 Å². The minimum atomic E-state index is -0.368. The first-order valence-corrected chi connectivity index (χ1v) is 5.77. The fourth-order valence-electron chi connectivity index (χ4n) is 2.12. The van der Waals surface area contributed by atoms with Gasteiger partial charge in [0.25, 0.3) is 0 Å². The topological polar surface area (TPSA) is 55.1 Å². The number of hydrogen-bond acceptors (Lipinski definition) is 2. The molecule has 0 aromatic heterocycles. The first-order valence-electron chi connectivity index (χ1n) is 5.77. The molecule has 0 saturated heterocycles. The molecule has 0 bridgehead atoms. The van der Waals surface area contributed by atoms with Gasteiger partial charge in [-0.3, -0.25) is 4.79 Å². The van der Waals surface area contributed by atoms with Gasteiger partial charge >= 0.3 is 0 Å². The van der Waals surface area contributed by atoms with Crippen LogP contribution < -0.4 is 11.1 Å². The molecule has 2 rings (SSSR count). The molecule has 0 radical (unpaired) electrons. The Bertz CT molecular complexity index is 366. The van der Waals surface area contributed by atoms with Crippen LogP contribution >= 0.6 is 0 Å². The van der Waals surface area contributed by atoms with E-state index in [-0.39, 0.29) is 5.91 Å². The molecule has 0 aliphatic heterocycles. The summed E-state index contributed by atoms with van der Waals surface area (Å²) in [5.74, 6) is 0.502. The maximum absolute atomic E-state index is 10.9. The summed E-state index contributed by atoms with van der Waals surface area (Å²) in [5.41, 5.74) is 6.95. The summed E-state index contributed by atoms with van der Waals surface area (Å²) in [5, 5.41) is 3.50. The Hall–Kier alpha value is -1.35. The van der Waals surface area contributed by atoms with Gasteiger partial charge in [0.1, 0.15) is 0 Å². The predicted octanol–water partition coefficient (Wildman–Crippen LogP) is 1.67. The standard InChI is InChI=1S/C13H18N2O/c1-9-6-12(7-9)15-8-10-2-4-11(5-3-10)13(14)16/h2-5,9,12,15H,6-8H2,1H3,(H2,14,16). The van der Waals surface area contributed by atoms with Crippen LogP contribution in [0.25, 0.3) is 0 Å². The van der Waals surface area contributed by atoms with Crippen molar-refractivity contribution in [3.05, 3.63) is 35.4 Å². The lowest BCUT2D eigenvalue weighted by molar-refractivity contribution is 0.100. The van der Waals surface area contributed by atoms with E-state index in [9.17, 15) is 4.79 Å². The Morgan fingerprint density at radius 1 is 1.38 bits per heavy atom. The summed E-state index contributed by atoms with van der Waals surface area (Å²) < 4.78 is 0. The average Bonchev–Trinajstić information content (AvgIpc) is 2.23. The van der Waals surface area contributed by atoms with Crippen molar-refractivity contribution in [1.82, 2.24) is 5.32 Å². The van der Waals surface area contributed by atoms with E-state index >= 15 is 0 Å². The van der Waals surface area contributed by atoms with Crippen molar-refractivity contribution < 1.29 is 4.79 Å². The van der Waals surface area contributed by atoms with Crippen molar-refractivity contribution in [1.29, 1.82) is 0 Å². The summed E-state index contributed by atoms with van der Waals surface area (Å²) in [4.78, 5) is 10.9. The molecule has 0 spiro atoms. The molecule has 0 unspecified atom stereocenters. The lowest BCUT2D eigenvalue weighted by Gasteiger charge is -2.33. The van der Waals surface area contributed by atoms with Gasteiger partial charge in [-0.2, -0.15) is 0 Å². The molecule has 16 heavy (non-hydrogen) atoms. The van der Waals surface area contributed by atoms with Crippen LogP contribution in [0.3, 0.4) is 0 Å². The molecular formula is C13H18N2O. The SMILES string of the molecule is CC1CC(NCc2ccc(C(N)=O)cc2)C1. The number of primary amides is 1. The molecule has 1 aromatic rings. The van der Waals surface area contributed by atoms with E-state index in [1.807, 2.05) is 12.1 Å². The molecular weight excluding hydrogens is 200 g/mol. The fourth-order valence-corrected chi connectivity index (χ4v) is 2.12. The molecule has 1 amide bonds. The lowest BCUT2D eigenvalue weighted by Crippen LogP contribution is -2.39. The molecule has 3 N–H and O–H groups in total. The number of carbonyl (C=O) groups is 1. The van der Waals surface area contributed by atoms with Crippen molar-refractivity contribution in [3.63, 3.8) is 0 Å². The molecule has 0 heterocycles. The highest BCUT2D eigenvalue weighted by atomic mass is 16.1. The van der Waals surface area contributed by atoms with Gasteiger partial charge in [-0.25, -0.2) is 0 Å². The maximum Gasteiger partial charge on any atom is 0.248 e. The second-order valence-electron chi connectivity index (χ2n) is 4.72. The Balaban J connectivity index is 1.83. The summed E-state index contributed by atoms with van der Waals surface area (Å²) in [6.45, 7) is 3.15.